The Kier molecular flexibility index (Phi) is 7.10. The summed E-state index contributed by atoms with van der Waals surface area (Å²) >= 11 is 0. The number of ether oxygens (including phenoxy) is 2. The summed E-state index contributed by atoms with van der Waals surface area (Å²) in [6.07, 6.45) is 7.81. The van der Waals surface area contributed by atoms with E-state index in [0.717, 1.165) is 50.5 Å². The summed E-state index contributed by atoms with van der Waals surface area (Å²) in [5.74, 6) is -0.593. The lowest BCUT2D eigenvalue weighted by molar-refractivity contribution is -0.385. The number of fused-ring (bicyclic) bond motifs is 4. The van der Waals surface area contributed by atoms with Gasteiger partial charge in [0, 0.05) is 25.0 Å². The van der Waals surface area contributed by atoms with Crippen molar-refractivity contribution < 1.29 is 28.4 Å². The molecule has 0 aliphatic heterocycles. The number of nitro groups is 1. The molecule has 0 N–H and O–H groups in total. The molecule has 0 radical (unpaired) electrons. The van der Waals surface area contributed by atoms with Crippen LogP contribution in [0.25, 0.3) is 0 Å². The van der Waals surface area contributed by atoms with Crippen molar-refractivity contribution in [3.05, 3.63) is 85.5 Å². The van der Waals surface area contributed by atoms with Gasteiger partial charge in [0.05, 0.1) is 11.2 Å². The summed E-state index contributed by atoms with van der Waals surface area (Å²) < 4.78 is 17.1. The lowest BCUT2D eigenvalue weighted by atomic mass is 9.50. The number of rotatable bonds is 5. The Morgan fingerprint density at radius 2 is 1.81 bits per heavy atom. The first-order valence-corrected chi connectivity index (χ1v) is 14.9. The first kappa shape index (κ1) is 28.4. The standard InChI is InChI=1S/C33H37NO8/c1-19(35)41-22-12-14-32(2)21(16-22)9-10-23-25(32)13-15-33(3)26(20-8-11-29(36)40-18-20)17-28(30(23)33)42-31(37)24-6-4-5-7-27(24)34(38)39/h4-8,11,18,21-22,26,28,30H,9-10,12-17H2,1-3H3. The SMILES string of the molecule is CC(=O)OC1CCC2(C)C3=C(CCC2C1)C1C(OC(=O)c2ccccc2[N+](=O)[O-])CC(c2ccc(=O)oc2)C1(C)CC3. The fourth-order valence-electron chi connectivity index (χ4n) is 9.00. The van der Waals surface area contributed by atoms with Gasteiger partial charge in [-0.25, -0.2) is 9.59 Å². The number of nitrogens with zero attached hydrogens (tertiary/aromatic N) is 1. The maximum absolute atomic E-state index is 13.5. The largest absolute Gasteiger partial charge is 0.463 e. The molecule has 0 saturated heterocycles. The molecule has 0 spiro atoms. The van der Waals surface area contributed by atoms with Gasteiger partial charge in [0.2, 0.25) is 0 Å². The van der Waals surface area contributed by atoms with Gasteiger partial charge in [0.15, 0.2) is 0 Å². The van der Waals surface area contributed by atoms with E-state index < -0.39 is 22.6 Å². The number of allylic oxidation sites excluding steroid dienone is 1. The van der Waals surface area contributed by atoms with Crippen LogP contribution in [-0.2, 0) is 14.3 Å². The number of carbonyl (C=O) groups excluding carboxylic acids is 2. The number of esters is 2. The van der Waals surface area contributed by atoms with Crippen LogP contribution in [0.3, 0.4) is 0 Å². The Morgan fingerprint density at radius 1 is 1.02 bits per heavy atom. The number of benzene rings is 1. The third-order valence-electron chi connectivity index (χ3n) is 10.9. The van der Waals surface area contributed by atoms with Crippen LogP contribution in [0.5, 0.6) is 0 Å². The second-order valence-corrected chi connectivity index (χ2v) is 13.0. The van der Waals surface area contributed by atoms with Gasteiger partial charge in [0.25, 0.3) is 5.69 Å². The zero-order valence-corrected chi connectivity index (χ0v) is 24.3. The van der Waals surface area contributed by atoms with Crippen molar-refractivity contribution in [2.24, 2.45) is 22.7 Å². The Hall–Kier alpha value is -3.75. The smallest absolute Gasteiger partial charge is 0.345 e. The number of nitro benzene ring substituents is 1. The van der Waals surface area contributed by atoms with E-state index in [9.17, 15) is 24.5 Å². The molecule has 2 aromatic rings. The third-order valence-corrected chi connectivity index (χ3v) is 10.9. The molecule has 6 rings (SSSR count). The maximum atomic E-state index is 13.5. The lowest BCUT2D eigenvalue weighted by Gasteiger charge is -2.55. The van der Waals surface area contributed by atoms with E-state index in [1.54, 1.807) is 6.07 Å². The van der Waals surface area contributed by atoms with Gasteiger partial charge in [-0.1, -0.05) is 37.1 Å². The zero-order chi connectivity index (χ0) is 29.8. The van der Waals surface area contributed by atoms with Crippen LogP contribution < -0.4 is 5.63 Å². The summed E-state index contributed by atoms with van der Waals surface area (Å²) in [5.41, 5.74) is 2.69. The average molecular weight is 576 g/mol. The van der Waals surface area contributed by atoms with Crippen molar-refractivity contribution in [3.63, 3.8) is 0 Å². The maximum Gasteiger partial charge on any atom is 0.345 e. The fraction of sp³-hybridized carbons (Fsp3) is 0.545. The molecule has 1 aromatic carbocycles. The topological polar surface area (TPSA) is 126 Å². The van der Waals surface area contributed by atoms with Gasteiger partial charge < -0.3 is 13.9 Å². The van der Waals surface area contributed by atoms with Crippen LogP contribution in [0, 0.1) is 32.8 Å². The number of para-hydroxylation sites is 1. The Morgan fingerprint density at radius 3 is 2.52 bits per heavy atom. The van der Waals surface area contributed by atoms with Gasteiger partial charge in [0.1, 0.15) is 17.8 Å². The molecule has 7 atom stereocenters. The normalized spacial score (nSPS) is 33.6. The quantitative estimate of drug-likeness (QED) is 0.171. The summed E-state index contributed by atoms with van der Waals surface area (Å²) in [5, 5.41) is 11.7. The van der Waals surface area contributed by atoms with E-state index in [2.05, 4.69) is 13.8 Å². The zero-order valence-electron chi connectivity index (χ0n) is 24.3. The van der Waals surface area contributed by atoms with Gasteiger partial charge in [-0.3, -0.25) is 14.9 Å². The van der Waals surface area contributed by atoms with Crippen LogP contribution >= 0.6 is 0 Å². The predicted octanol–water partition coefficient (Wildman–Crippen LogP) is 6.51. The van der Waals surface area contributed by atoms with E-state index in [1.807, 2.05) is 6.07 Å². The summed E-state index contributed by atoms with van der Waals surface area (Å²) in [6.45, 7) is 6.07. The highest BCUT2D eigenvalue weighted by Gasteiger charge is 2.60. The van der Waals surface area contributed by atoms with Crippen LogP contribution in [0.2, 0.25) is 0 Å². The van der Waals surface area contributed by atoms with Crippen molar-refractivity contribution in [2.75, 3.05) is 0 Å². The first-order chi connectivity index (χ1) is 20.0. The first-order valence-electron chi connectivity index (χ1n) is 14.9. The molecule has 1 aromatic heterocycles. The van der Waals surface area contributed by atoms with Gasteiger partial charge in [-0.2, -0.15) is 0 Å². The molecule has 4 aliphatic rings. The molecule has 42 heavy (non-hydrogen) atoms. The monoisotopic (exact) mass is 575 g/mol. The van der Waals surface area contributed by atoms with Gasteiger partial charge in [-0.15, -0.1) is 0 Å². The highest BCUT2D eigenvalue weighted by molar-refractivity contribution is 5.94. The van der Waals surface area contributed by atoms with Crippen molar-refractivity contribution >= 4 is 17.6 Å². The molecule has 7 unspecified atom stereocenters. The van der Waals surface area contributed by atoms with Crippen molar-refractivity contribution in [1.82, 2.24) is 0 Å². The van der Waals surface area contributed by atoms with Crippen LogP contribution in [0.4, 0.5) is 5.69 Å². The molecule has 0 bridgehead atoms. The molecule has 2 fully saturated rings. The average Bonchev–Trinajstić information content (AvgIpc) is 3.25. The summed E-state index contributed by atoms with van der Waals surface area (Å²) in [4.78, 5) is 48.1. The summed E-state index contributed by atoms with van der Waals surface area (Å²) in [7, 11) is 0. The van der Waals surface area contributed by atoms with E-state index in [4.69, 9.17) is 13.9 Å². The Balaban J connectivity index is 1.38. The minimum Gasteiger partial charge on any atom is -0.463 e. The van der Waals surface area contributed by atoms with E-state index in [0.29, 0.717) is 12.3 Å². The van der Waals surface area contributed by atoms with Crippen molar-refractivity contribution in [3.8, 4) is 0 Å². The number of hydrogen-bond acceptors (Lipinski definition) is 8. The number of carbonyl (C=O) groups is 2. The molecule has 0 amide bonds. The molecule has 222 valence electrons. The second kappa shape index (κ2) is 10.5. The van der Waals surface area contributed by atoms with Gasteiger partial charge in [-0.05, 0) is 91.7 Å². The molecular formula is C33H37NO8. The molecule has 9 heteroatoms. The second-order valence-electron chi connectivity index (χ2n) is 13.0. The highest BCUT2D eigenvalue weighted by Crippen LogP contribution is 2.67. The Labute approximate surface area is 244 Å². The Bertz CT molecular complexity index is 1510. The molecule has 2 saturated carbocycles. The minimum atomic E-state index is -0.690. The third kappa shape index (κ3) is 4.67. The van der Waals surface area contributed by atoms with E-state index in [1.165, 1.54) is 48.6 Å². The molecule has 4 aliphatic carbocycles. The van der Waals surface area contributed by atoms with Crippen LogP contribution in [0.15, 0.2) is 63.0 Å². The van der Waals surface area contributed by atoms with E-state index in [-0.39, 0.29) is 46.0 Å². The fourth-order valence-corrected chi connectivity index (χ4v) is 9.00. The van der Waals surface area contributed by atoms with Crippen LogP contribution in [-0.4, -0.2) is 29.1 Å². The number of hydrogen-bond donors (Lipinski definition) is 0. The summed E-state index contributed by atoms with van der Waals surface area (Å²) in [6, 6.07) is 9.14. The minimum absolute atomic E-state index is 0.0179. The van der Waals surface area contributed by atoms with Crippen molar-refractivity contribution in [2.45, 2.75) is 90.3 Å². The van der Waals surface area contributed by atoms with E-state index >= 15 is 0 Å². The molecule has 9 nitrogen and oxygen atoms in total. The van der Waals surface area contributed by atoms with Gasteiger partial charge >= 0.3 is 17.6 Å². The molecular weight excluding hydrogens is 538 g/mol. The van der Waals surface area contributed by atoms with Crippen LogP contribution in [0.1, 0.15) is 94.0 Å². The van der Waals surface area contributed by atoms with Crippen molar-refractivity contribution in [1.29, 1.82) is 0 Å². The molecule has 1 heterocycles. The highest BCUT2D eigenvalue weighted by atomic mass is 16.6. The lowest BCUT2D eigenvalue weighted by Crippen LogP contribution is -2.47. The predicted molar refractivity (Wildman–Crippen MR) is 153 cm³/mol.